The van der Waals surface area contributed by atoms with Crippen LogP contribution in [0.25, 0.3) is 0 Å². The molecule has 2 rings (SSSR count). The van der Waals surface area contributed by atoms with Crippen LogP contribution in [0.5, 0.6) is 0 Å². The maximum atomic E-state index is 6.08. The standard InChI is InChI=1S/C13H20OSi/c1-2-13(10-6-7-11-14-13)15-12-8-4-3-5-9-12/h3-5,8-9H,2,6-7,10-11,15H2,1H3. The molecule has 1 aromatic rings. The lowest BCUT2D eigenvalue weighted by Crippen LogP contribution is -2.46. The van der Waals surface area contributed by atoms with Crippen molar-refractivity contribution in [2.24, 2.45) is 0 Å². The first-order chi connectivity index (χ1) is 7.35. The van der Waals surface area contributed by atoms with Crippen LogP contribution in [0.15, 0.2) is 30.3 Å². The van der Waals surface area contributed by atoms with Gasteiger partial charge in [-0.2, -0.15) is 0 Å². The Bertz CT molecular complexity index is 291. The summed E-state index contributed by atoms with van der Waals surface area (Å²) in [5, 5.41) is 1.81. The third-order valence-electron chi connectivity index (χ3n) is 3.45. The van der Waals surface area contributed by atoms with Crippen molar-refractivity contribution in [1.82, 2.24) is 0 Å². The zero-order valence-electron chi connectivity index (χ0n) is 9.54. The summed E-state index contributed by atoms with van der Waals surface area (Å²) in [6.45, 7) is 3.26. The van der Waals surface area contributed by atoms with Crippen LogP contribution in [0.4, 0.5) is 0 Å². The molecule has 1 unspecified atom stereocenters. The Labute approximate surface area is 94.7 Å². The van der Waals surface area contributed by atoms with Crippen molar-refractivity contribution < 1.29 is 4.74 Å². The average molecular weight is 220 g/mol. The highest BCUT2D eigenvalue weighted by atomic mass is 28.2. The monoisotopic (exact) mass is 220 g/mol. The lowest BCUT2D eigenvalue weighted by molar-refractivity contribution is -0.0212. The molecule has 0 spiro atoms. The molecule has 0 N–H and O–H groups in total. The number of ether oxygens (including phenoxy) is 1. The molecule has 2 heteroatoms. The minimum atomic E-state index is -0.286. The summed E-state index contributed by atoms with van der Waals surface area (Å²) in [6.07, 6.45) is 5.08. The summed E-state index contributed by atoms with van der Waals surface area (Å²) in [7, 11) is -0.286. The molecule has 1 atom stereocenters. The third-order valence-corrected chi connectivity index (χ3v) is 6.03. The van der Waals surface area contributed by atoms with Crippen LogP contribution in [0.1, 0.15) is 32.6 Å². The molecule has 1 heterocycles. The predicted octanol–water partition coefficient (Wildman–Crippen LogP) is 1.79. The fourth-order valence-electron chi connectivity index (χ4n) is 2.42. The molecule has 1 fully saturated rings. The van der Waals surface area contributed by atoms with Gasteiger partial charge in [0.1, 0.15) is 0 Å². The van der Waals surface area contributed by atoms with Gasteiger partial charge in [-0.3, -0.25) is 0 Å². The summed E-state index contributed by atoms with van der Waals surface area (Å²) in [4.78, 5) is 0. The van der Waals surface area contributed by atoms with Crippen molar-refractivity contribution in [3.8, 4) is 0 Å². The Morgan fingerprint density at radius 3 is 2.67 bits per heavy atom. The van der Waals surface area contributed by atoms with Gasteiger partial charge in [0.25, 0.3) is 0 Å². The first kappa shape index (κ1) is 10.9. The summed E-state index contributed by atoms with van der Waals surface area (Å²) in [5.74, 6) is 0. The smallest absolute Gasteiger partial charge is 0.0925 e. The van der Waals surface area contributed by atoms with Gasteiger partial charge in [-0.25, -0.2) is 0 Å². The quantitative estimate of drug-likeness (QED) is 0.706. The van der Waals surface area contributed by atoms with E-state index < -0.39 is 0 Å². The molecule has 1 nitrogen and oxygen atoms in total. The van der Waals surface area contributed by atoms with E-state index in [-0.39, 0.29) is 14.7 Å². The molecular weight excluding hydrogens is 200 g/mol. The topological polar surface area (TPSA) is 9.23 Å². The molecule has 1 aromatic carbocycles. The van der Waals surface area contributed by atoms with Crippen LogP contribution in [0.2, 0.25) is 0 Å². The lowest BCUT2D eigenvalue weighted by Gasteiger charge is -2.36. The second-order valence-electron chi connectivity index (χ2n) is 4.50. The van der Waals surface area contributed by atoms with Crippen molar-refractivity contribution in [3.05, 3.63) is 30.3 Å². The molecule has 0 saturated carbocycles. The minimum Gasteiger partial charge on any atom is -0.379 e. The zero-order valence-corrected chi connectivity index (χ0v) is 11.0. The second-order valence-corrected chi connectivity index (χ2v) is 6.96. The maximum absolute atomic E-state index is 6.08. The largest absolute Gasteiger partial charge is 0.379 e. The van der Waals surface area contributed by atoms with Gasteiger partial charge >= 0.3 is 0 Å². The van der Waals surface area contributed by atoms with Crippen molar-refractivity contribution in [2.75, 3.05) is 6.61 Å². The van der Waals surface area contributed by atoms with Crippen molar-refractivity contribution in [1.29, 1.82) is 0 Å². The van der Waals surface area contributed by atoms with E-state index in [2.05, 4.69) is 37.3 Å². The van der Waals surface area contributed by atoms with E-state index in [1.165, 1.54) is 25.7 Å². The van der Waals surface area contributed by atoms with Gasteiger partial charge in [0, 0.05) is 6.61 Å². The molecule has 0 amide bonds. The first-order valence-corrected chi connectivity index (χ1v) is 7.44. The van der Waals surface area contributed by atoms with E-state index in [1.54, 1.807) is 5.19 Å². The van der Waals surface area contributed by atoms with Gasteiger partial charge in [0.05, 0.1) is 14.7 Å². The molecule has 0 aromatic heterocycles. The summed E-state index contributed by atoms with van der Waals surface area (Å²) < 4.78 is 6.08. The van der Waals surface area contributed by atoms with E-state index in [1.807, 2.05) is 0 Å². The minimum absolute atomic E-state index is 0.263. The second kappa shape index (κ2) is 4.95. The van der Waals surface area contributed by atoms with Crippen molar-refractivity contribution in [2.45, 2.75) is 37.8 Å². The molecule has 0 radical (unpaired) electrons. The van der Waals surface area contributed by atoms with Gasteiger partial charge < -0.3 is 4.74 Å². The van der Waals surface area contributed by atoms with Gasteiger partial charge in [-0.1, -0.05) is 42.4 Å². The van der Waals surface area contributed by atoms with Crippen molar-refractivity contribution in [3.63, 3.8) is 0 Å². The highest BCUT2D eigenvalue weighted by Crippen LogP contribution is 2.26. The Kier molecular flexibility index (Phi) is 3.60. The predicted molar refractivity (Wildman–Crippen MR) is 67.4 cm³/mol. The maximum Gasteiger partial charge on any atom is 0.0925 e. The van der Waals surface area contributed by atoms with Gasteiger partial charge in [0.2, 0.25) is 0 Å². The SMILES string of the molecule is CCC1([SiH2]c2ccccc2)CCCCO1. The van der Waals surface area contributed by atoms with Gasteiger partial charge in [-0.05, 0) is 25.7 Å². The molecular formula is C13H20OSi. The summed E-state index contributed by atoms with van der Waals surface area (Å²) >= 11 is 0. The summed E-state index contributed by atoms with van der Waals surface area (Å²) in [5.41, 5.74) is 0. The number of hydrogen-bond donors (Lipinski definition) is 0. The van der Waals surface area contributed by atoms with E-state index in [0.29, 0.717) is 0 Å². The van der Waals surface area contributed by atoms with Crippen LogP contribution in [-0.4, -0.2) is 21.4 Å². The molecule has 1 aliphatic heterocycles. The highest BCUT2D eigenvalue weighted by molar-refractivity contribution is 6.56. The molecule has 0 aliphatic carbocycles. The van der Waals surface area contributed by atoms with E-state index in [4.69, 9.17) is 4.74 Å². The Morgan fingerprint density at radius 1 is 1.27 bits per heavy atom. The Balaban J connectivity index is 2.07. The van der Waals surface area contributed by atoms with Crippen LogP contribution in [0.3, 0.4) is 0 Å². The van der Waals surface area contributed by atoms with Crippen LogP contribution < -0.4 is 5.19 Å². The fraction of sp³-hybridized carbons (Fsp3) is 0.538. The molecule has 0 bridgehead atoms. The summed E-state index contributed by atoms with van der Waals surface area (Å²) in [6, 6.07) is 10.9. The lowest BCUT2D eigenvalue weighted by atomic mass is 10.1. The highest BCUT2D eigenvalue weighted by Gasteiger charge is 2.31. The Hall–Kier alpha value is -0.603. The number of hydrogen-bond acceptors (Lipinski definition) is 1. The van der Waals surface area contributed by atoms with Gasteiger partial charge in [0.15, 0.2) is 0 Å². The molecule has 1 saturated heterocycles. The third kappa shape index (κ3) is 2.70. The Morgan fingerprint density at radius 2 is 2.07 bits per heavy atom. The number of benzene rings is 1. The van der Waals surface area contributed by atoms with Crippen molar-refractivity contribution >= 4 is 14.7 Å². The molecule has 15 heavy (non-hydrogen) atoms. The number of rotatable bonds is 3. The van der Waals surface area contributed by atoms with Crippen LogP contribution in [-0.2, 0) is 4.74 Å². The fourth-order valence-corrected chi connectivity index (χ4v) is 4.60. The zero-order chi connectivity index (χ0) is 10.6. The van der Waals surface area contributed by atoms with Crippen LogP contribution in [0, 0.1) is 0 Å². The van der Waals surface area contributed by atoms with E-state index in [9.17, 15) is 0 Å². The average Bonchev–Trinajstić information content (AvgIpc) is 2.32. The molecule has 82 valence electrons. The first-order valence-electron chi connectivity index (χ1n) is 6.02. The van der Waals surface area contributed by atoms with Crippen LogP contribution >= 0.6 is 0 Å². The van der Waals surface area contributed by atoms with E-state index in [0.717, 1.165) is 6.61 Å². The van der Waals surface area contributed by atoms with Gasteiger partial charge in [-0.15, -0.1) is 0 Å². The normalized spacial score (nSPS) is 27.3. The molecule has 1 aliphatic rings. The van der Waals surface area contributed by atoms with E-state index >= 15 is 0 Å².